The third-order valence-electron chi connectivity index (χ3n) is 7.59. The fourth-order valence-corrected chi connectivity index (χ4v) is 5.50. The van der Waals surface area contributed by atoms with Gasteiger partial charge < -0.3 is 14.8 Å². The molecule has 1 N–H and O–H groups in total. The van der Waals surface area contributed by atoms with Gasteiger partial charge in [-0.3, -0.25) is 9.69 Å². The number of carbonyl (C=O) groups is 1. The van der Waals surface area contributed by atoms with Gasteiger partial charge in [-0.15, -0.1) is 0 Å². The molecule has 2 heterocycles. The highest BCUT2D eigenvalue weighted by molar-refractivity contribution is 6.31. The van der Waals surface area contributed by atoms with E-state index in [9.17, 15) is 4.79 Å². The average molecular weight is 542 g/mol. The Morgan fingerprint density at radius 1 is 0.923 bits per heavy atom. The van der Waals surface area contributed by atoms with Crippen LogP contribution in [-0.4, -0.2) is 60.0 Å². The first-order chi connectivity index (χ1) is 18.9. The van der Waals surface area contributed by atoms with Crippen LogP contribution in [0.5, 0.6) is 0 Å². The lowest BCUT2D eigenvalue weighted by Gasteiger charge is -2.37. The number of hydrogen-bond donors (Lipinski definition) is 1. The summed E-state index contributed by atoms with van der Waals surface area (Å²) in [4.78, 5) is 28.8. The molecule has 0 saturated carbocycles. The number of para-hydroxylation sites is 1. The highest BCUT2D eigenvalue weighted by Gasteiger charge is 2.25. The van der Waals surface area contributed by atoms with Gasteiger partial charge in [0.15, 0.2) is 0 Å². The van der Waals surface area contributed by atoms with Crippen molar-refractivity contribution in [1.29, 1.82) is 0 Å². The van der Waals surface area contributed by atoms with Gasteiger partial charge in [0, 0.05) is 60.4 Å². The fourth-order valence-electron chi connectivity index (χ4n) is 5.33. The summed E-state index contributed by atoms with van der Waals surface area (Å²) >= 11 is 6.36. The maximum Gasteiger partial charge on any atom is 0.278 e. The number of aromatic nitrogens is 2. The Morgan fingerprint density at radius 3 is 2.38 bits per heavy atom. The van der Waals surface area contributed by atoms with Crippen LogP contribution in [0.3, 0.4) is 0 Å². The Hall–Kier alpha value is -3.61. The number of amides is 1. The number of piperazine rings is 1. The second-order valence-electron chi connectivity index (χ2n) is 10.2. The number of hydrogen-bond acceptors (Lipinski definition) is 4. The number of nitrogens with one attached hydrogen (secondary N) is 1. The average Bonchev–Trinajstić information content (AvgIpc) is 3.35. The monoisotopic (exact) mass is 541 g/mol. The lowest BCUT2D eigenvalue weighted by molar-refractivity contribution is 0.0980. The molecule has 1 fully saturated rings. The summed E-state index contributed by atoms with van der Waals surface area (Å²) in [6.07, 6.45) is 0.880. The molecule has 1 aliphatic heterocycles. The first-order valence-corrected chi connectivity index (χ1v) is 14.0. The van der Waals surface area contributed by atoms with Crippen LogP contribution < -0.4 is 9.80 Å². The highest BCUT2D eigenvalue weighted by atomic mass is 35.5. The number of benzene rings is 3. The zero-order chi connectivity index (χ0) is 27.4. The second-order valence-corrected chi connectivity index (χ2v) is 10.6. The van der Waals surface area contributed by atoms with Crippen LogP contribution in [0.25, 0.3) is 11.4 Å². The van der Waals surface area contributed by atoms with Crippen molar-refractivity contribution < 1.29 is 4.79 Å². The van der Waals surface area contributed by atoms with Crippen molar-refractivity contribution in [3.8, 4) is 11.4 Å². The smallest absolute Gasteiger partial charge is 0.278 e. The van der Waals surface area contributed by atoms with E-state index in [1.54, 1.807) is 0 Å². The zero-order valence-electron chi connectivity index (χ0n) is 23.0. The van der Waals surface area contributed by atoms with E-state index < -0.39 is 0 Å². The summed E-state index contributed by atoms with van der Waals surface area (Å²) in [5, 5.41) is 0.818. The summed E-state index contributed by atoms with van der Waals surface area (Å²) in [6.45, 7) is 11.5. The molecule has 4 aromatic rings. The van der Waals surface area contributed by atoms with Crippen LogP contribution in [0.4, 0.5) is 11.4 Å². The third kappa shape index (κ3) is 6.02. The number of aromatic amines is 1. The Kier molecular flexibility index (Phi) is 8.34. The van der Waals surface area contributed by atoms with Gasteiger partial charge in [-0.25, -0.2) is 4.98 Å². The van der Waals surface area contributed by atoms with Crippen molar-refractivity contribution in [2.75, 3.05) is 49.1 Å². The molecule has 5 rings (SSSR count). The molecule has 3 aromatic carbocycles. The molecule has 0 unspecified atom stereocenters. The van der Waals surface area contributed by atoms with Crippen LogP contribution >= 0.6 is 11.6 Å². The summed E-state index contributed by atoms with van der Waals surface area (Å²) in [6, 6.07) is 24.1. The molecule has 202 valence electrons. The van der Waals surface area contributed by atoms with E-state index in [1.165, 1.54) is 5.69 Å². The number of halogens is 1. The molecule has 1 amide bonds. The van der Waals surface area contributed by atoms with E-state index >= 15 is 0 Å². The molecule has 7 heteroatoms. The Balaban J connectivity index is 1.26. The molecule has 1 aromatic heterocycles. The summed E-state index contributed by atoms with van der Waals surface area (Å²) in [7, 11) is 0. The lowest BCUT2D eigenvalue weighted by Crippen LogP contribution is -2.47. The van der Waals surface area contributed by atoms with Crippen molar-refractivity contribution in [3.63, 3.8) is 0 Å². The van der Waals surface area contributed by atoms with E-state index in [1.807, 2.05) is 72.5 Å². The number of imidazole rings is 1. The Morgan fingerprint density at radius 2 is 1.64 bits per heavy atom. The lowest BCUT2D eigenvalue weighted by atomic mass is 10.1. The molecule has 0 radical (unpaired) electrons. The minimum Gasteiger partial charge on any atom is -0.369 e. The molecular weight excluding hydrogens is 506 g/mol. The van der Waals surface area contributed by atoms with Crippen molar-refractivity contribution in [2.24, 2.45) is 0 Å². The van der Waals surface area contributed by atoms with E-state index in [2.05, 4.69) is 40.8 Å². The molecule has 0 spiro atoms. The van der Waals surface area contributed by atoms with Crippen molar-refractivity contribution in [2.45, 2.75) is 27.2 Å². The second kappa shape index (κ2) is 12.1. The van der Waals surface area contributed by atoms with Crippen LogP contribution in [0.1, 0.15) is 33.7 Å². The molecule has 39 heavy (non-hydrogen) atoms. The maximum absolute atomic E-state index is 13.9. The van der Waals surface area contributed by atoms with Gasteiger partial charge in [0.25, 0.3) is 5.91 Å². The summed E-state index contributed by atoms with van der Waals surface area (Å²) in [5.41, 5.74) is 6.61. The van der Waals surface area contributed by atoms with Crippen LogP contribution in [0.15, 0.2) is 72.8 Å². The van der Waals surface area contributed by atoms with Gasteiger partial charge in [0.1, 0.15) is 11.5 Å². The van der Waals surface area contributed by atoms with Gasteiger partial charge in [-0.2, -0.15) is 0 Å². The molecule has 0 atom stereocenters. The quantitative estimate of drug-likeness (QED) is 0.276. The SMILES string of the molecule is Cc1ccccc1N(CCCN1CCN(c2cccc(Cl)c2C)CC1)C(=O)c1nc(-c2ccccc2)[nH]c1C. The normalized spacial score (nSPS) is 14.0. The van der Waals surface area contributed by atoms with Gasteiger partial charge >= 0.3 is 0 Å². The third-order valence-corrected chi connectivity index (χ3v) is 8.00. The minimum absolute atomic E-state index is 0.0681. The van der Waals surface area contributed by atoms with Crippen LogP contribution in [0, 0.1) is 20.8 Å². The molecule has 1 saturated heterocycles. The van der Waals surface area contributed by atoms with Crippen LogP contribution in [0.2, 0.25) is 5.02 Å². The van der Waals surface area contributed by atoms with E-state index in [4.69, 9.17) is 16.6 Å². The fraction of sp³-hybridized carbons (Fsp3) is 0.312. The topological polar surface area (TPSA) is 55.5 Å². The van der Waals surface area contributed by atoms with E-state index in [-0.39, 0.29) is 5.91 Å². The minimum atomic E-state index is -0.0681. The van der Waals surface area contributed by atoms with Gasteiger partial charge in [0.05, 0.1) is 0 Å². The molecule has 1 aliphatic rings. The Bertz CT molecular complexity index is 1430. The van der Waals surface area contributed by atoms with E-state index in [0.717, 1.165) is 72.2 Å². The number of aryl methyl sites for hydroxylation is 2. The molecule has 6 nitrogen and oxygen atoms in total. The summed E-state index contributed by atoms with van der Waals surface area (Å²) < 4.78 is 0. The van der Waals surface area contributed by atoms with E-state index in [0.29, 0.717) is 18.1 Å². The number of nitrogens with zero attached hydrogens (tertiary/aromatic N) is 4. The highest BCUT2D eigenvalue weighted by Crippen LogP contribution is 2.28. The standard InChI is InChI=1S/C32H36ClN5O/c1-23-11-7-8-15-28(23)38(32(39)30-25(3)34-31(35-30)26-12-5-4-6-13-26)18-10-17-36-19-21-37(22-20-36)29-16-9-14-27(33)24(29)2/h4-9,11-16H,10,17-22H2,1-3H3,(H,34,35). The Labute approximate surface area is 236 Å². The first-order valence-electron chi connectivity index (χ1n) is 13.6. The predicted octanol–water partition coefficient (Wildman–Crippen LogP) is 6.51. The molecule has 0 bridgehead atoms. The van der Waals surface area contributed by atoms with Crippen molar-refractivity contribution in [1.82, 2.24) is 14.9 Å². The van der Waals surface area contributed by atoms with Gasteiger partial charge in [0.2, 0.25) is 0 Å². The summed E-state index contributed by atoms with van der Waals surface area (Å²) in [5.74, 6) is 0.649. The number of rotatable bonds is 8. The maximum atomic E-state index is 13.9. The first kappa shape index (κ1) is 27.0. The molecule has 0 aliphatic carbocycles. The van der Waals surface area contributed by atoms with Crippen molar-refractivity contribution in [3.05, 3.63) is 100 Å². The number of carbonyl (C=O) groups excluding carboxylic acids is 1. The largest absolute Gasteiger partial charge is 0.369 e. The van der Waals surface area contributed by atoms with Crippen molar-refractivity contribution >= 4 is 28.9 Å². The van der Waals surface area contributed by atoms with Gasteiger partial charge in [-0.1, -0.05) is 66.2 Å². The zero-order valence-corrected chi connectivity index (χ0v) is 23.7. The predicted molar refractivity (Wildman–Crippen MR) is 161 cm³/mol. The molecular formula is C32H36ClN5O. The number of anilines is 2. The number of H-pyrrole nitrogens is 1. The van der Waals surface area contributed by atoms with Gasteiger partial charge in [-0.05, 0) is 63.1 Å². The van der Waals surface area contributed by atoms with Crippen LogP contribution in [-0.2, 0) is 0 Å².